The van der Waals surface area contributed by atoms with E-state index in [2.05, 4.69) is 10.1 Å². The Morgan fingerprint density at radius 3 is 2.67 bits per heavy atom. The molecule has 2 heterocycles. The number of fused-ring (bicyclic) bond motifs is 1. The van der Waals surface area contributed by atoms with Gasteiger partial charge in [0, 0.05) is 5.56 Å². The van der Waals surface area contributed by atoms with E-state index < -0.39 is 11.7 Å². The van der Waals surface area contributed by atoms with Crippen molar-refractivity contribution in [3.8, 4) is 11.1 Å². The molecule has 0 unspecified atom stereocenters. The molecule has 7 heteroatoms. The van der Waals surface area contributed by atoms with Crippen molar-refractivity contribution in [2.45, 2.75) is 13.1 Å². The molecule has 21 heavy (non-hydrogen) atoms. The van der Waals surface area contributed by atoms with Gasteiger partial charge in [0.15, 0.2) is 5.65 Å². The zero-order chi connectivity index (χ0) is 15.2. The predicted octanol–water partition coefficient (Wildman–Crippen LogP) is 3.31. The summed E-state index contributed by atoms with van der Waals surface area (Å²) >= 11 is 0. The summed E-state index contributed by atoms with van der Waals surface area (Å²) in [6.45, 7) is 1.77. The number of nitrogens with two attached hydrogens (primary N) is 1. The molecule has 0 atom stereocenters. The molecule has 0 spiro atoms. The Hall–Kier alpha value is -2.57. The Labute approximate surface area is 118 Å². The Kier molecular flexibility index (Phi) is 2.86. The van der Waals surface area contributed by atoms with Crippen LogP contribution in [0.2, 0.25) is 0 Å². The van der Waals surface area contributed by atoms with Crippen LogP contribution in [0.1, 0.15) is 11.3 Å². The topological polar surface area (TPSA) is 56.2 Å². The van der Waals surface area contributed by atoms with Gasteiger partial charge in [-0.2, -0.15) is 18.3 Å². The molecule has 4 nitrogen and oxygen atoms in total. The Bertz CT molecular complexity index is 821. The maximum atomic E-state index is 12.8. The molecule has 3 rings (SSSR count). The molecule has 108 valence electrons. The van der Waals surface area contributed by atoms with E-state index in [4.69, 9.17) is 5.73 Å². The monoisotopic (exact) mass is 292 g/mol. The third-order valence-electron chi connectivity index (χ3n) is 3.31. The first-order chi connectivity index (χ1) is 9.88. The number of nitrogens with zero attached hydrogens (tertiary/aromatic N) is 3. The van der Waals surface area contributed by atoms with Gasteiger partial charge in [-0.25, -0.2) is 9.50 Å². The minimum absolute atomic E-state index is 0.413. The van der Waals surface area contributed by atoms with Crippen LogP contribution in [-0.2, 0) is 6.18 Å². The van der Waals surface area contributed by atoms with Gasteiger partial charge in [-0.3, -0.25) is 0 Å². The molecule has 0 aliphatic heterocycles. The molecule has 0 saturated carbocycles. The average molecular weight is 292 g/mol. The van der Waals surface area contributed by atoms with Gasteiger partial charge >= 0.3 is 6.18 Å². The molecule has 0 aliphatic rings. The van der Waals surface area contributed by atoms with Crippen LogP contribution in [0.15, 0.2) is 36.7 Å². The van der Waals surface area contributed by atoms with Gasteiger partial charge in [0.25, 0.3) is 0 Å². The van der Waals surface area contributed by atoms with Crippen molar-refractivity contribution in [2.75, 3.05) is 5.73 Å². The molecule has 0 bridgehead atoms. The van der Waals surface area contributed by atoms with E-state index in [0.717, 1.165) is 12.1 Å². The number of aryl methyl sites for hydroxylation is 1. The van der Waals surface area contributed by atoms with Crippen molar-refractivity contribution >= 4 is 11.3 Å². The van der Waals surface area contributed by atoms with E-state index in [-0.39, 0.29) is 0 Å². The number of rotatable bonds is 1. The predicted molar refractivity (Wildman–Crippen MR) is 72.6 cm³/mol. The highest BCUT2D eigenvalue weighted by Gasteiger charge is 2.30. The zero-order valence-electron chi connectivity index (χ0n) is 11.0. The van der Waals surface area contributed by atoms with Gasteiger partial charge in [-0.1, -0.05) is 12.1 Å². The maximum Gasteiger partial charge on any atom is 0.416 e. The number of nitrogen functional groups attached to an aromatic ring is 1. The summed E-state index contributed by atoms with van der Waals surface area (Å²) in [6, 6.07) is 5.09. The molecular weight excluding hydrogens is 281 g/mol. The number of aromatic nitrogens is 3. The minimum Gasteiger partial charge on any atom is -0.396 e. The van der Waals surface area contributed by atoms with Crippen molar-refractivity contribution in [1.29, 1.82) is 0 Å². The van der Waals surface area contributed by atoms with E-state index in [1.165, 1.54) is 23.0 Å². The molecule has 0 amide bonds. The normalized spacial score (nSPS) is 12.0. The molecule has 0 aliphatic carbocycles. The highest BCUT2D eigenvalue weighted by molar-refractivity contribution is 5.78. The highest BCUT2D eigenvalue weighted by Crippen LogP contribution is 2.33. The number of hydrogen-bond donors (Lipinski definition) is 1. The van der Waals surface area contributed by atoms with Gasteiger partial charge in [0.05, 0.1) is 29.3 Å². The van der Waals surface area contributed by atoms with Crippen molar-refractivity contribution in [3.05, 3.63) is 47.9 Å². The average Bonchev–Trinajstić information content (AvgIpc) is 2.87. The van der Waals surface area contributed by atoms with Crippen molar-refractivity contribution in [1.82, 2.24) is 14.6 Å². The lowest BCUT2D eigenvalue weighted by Gasteiger charge is -2.08. The van der Waals surface area contributed by atoms with Crippen LogP contribution in [0.5, 0.6) is 0 Å². The van der Waals surface area contributed by atoms with E-state index >= 15 is 0 Å². The summed E-state index contributed by atoms with van der Waals surface area (Å²) in [5.41, 5.74) is 7.63. The van der Waals surface area contributed by atoms with E-state index in [1.807, 2.05) is 0 Å². The summed E-state index contributed by atoms with van der Waals surface area (Å²) < 4.78 is 39.9. The second-order valence-electron chi connectivity index (χ2n) is 4.67. The van der Waals surface area contributed by atoms with E-state index in [1.54, 1.807) is 13.0 Å². The molecule has 0 radical (unpaired) electrons. The molecule has 0 fully saturated rings. The van der Waals surface area contributed by atoms with Gasteiger partial charge < -0.3 is 5.73 Å². The fourth-order valence-corrected chi connectivity index (χ4v) is 2.12. The van der Waals surface area contributed by atoms with Crippen molar-refractivity contribution in [3.63, 3.8) is 0 Å². The van der Waals surface area contributed by atoms with Gasteiger partial charge in [0.2, 0.25) is 0 Å². The molecule has 1 aromatic carbocycles. The lowest BCUT2D eigenvalue weighted by Crippen LogP contribution is -2.04. The zero-order valence-corrected chi connectivity index (χ0v) is 11.0. The summed E-state index contributed by atoms with van der Waals surface area (Å²) in [7, 11) is 0. The van der Waals surface area contributed by atoms with Gasteiger partial charge in [-0.05, 0) is 24.6 Å². The Morgan fingerprint density at radius 2 is 1.95 bits per heavy atom. The third-order valence-corrected chi connectivity index (χ3v) is 3.31. The third kappa shape index (κ3) is 2.20. The highest BCUT2D eigenvalue weighted by atomic mass is 19.4. The molecule has 2 aromatic heterocycles. The van der Waals surface area contributed by atoms with E-state index in [0.29, 0.717) is 28.2 Å². The summed E-state index contributed by atoms with van der Waals surface area (Å²) in [5, 5.41) is 4.14. The van der Waals surface area contributed by atoms with E-state index in [9.17, 15) is 13.2 Å². The molecular formula is C14H11F3N4. The van der Waals surface area contributed by atoms with Crippen LogP contribution in [-0.4, -0.2) is 14.6 Å². The van der Waals surface area contributed by atoms with Crippen LogP contribution < -0.4 is 5.73 Å². The van der Waals surface area contributed by atoms with Crippen LogP contribution in [0.25, 0.3) is 16.8 Å². The van der Waals surface area contributed by atoms with Crippen LogP contribution in [0, 0.1) is 6.92 Å². The van der Waals surface area contributed by atoms with Crippen LogP contribution >= 0.6 is 0 Å². The second kappa shape index (κ2) is 4.47. The summed E-state index contributed by atoms with van der Waals surface area (Å²) in [5.74, 6) is 0. The Morgan fingerprint density at radius 1 is 1.19 bits per heavy atom. The SMILES string of the molecule is Cc1c(N)cnc2c(-c3cccc(C(F)(F)F)c3)cnn12. The number of halogens is 3. The molecule has 3 aromatic rings. The fraction of sp³-hybridized carbons (Fsp3) is 0.143. The molecule has 2 N–H and O–H groups in total. The number of anilines is 1. The number of alkyl halides is 3. The largest absolute Gasteiger partial charge is 0.416 e. The first-order valence-corrected chi connectivity index (χ1v) is 6.14. The lowest BCUT2D eigenvalue weighted by atomic mass is 10.1. The number of benzene rings is 1. The minimum atomic E-state index is -4.38. The standard InChI is InChI=1S/C14H11F3N4/c1-8-12(18)7-19-13-11(6-20-21(8)13)9-3-2-4-10(5-9)14(15,16)17/h2-7H,18H2,1H3. The second-order valence-corrected chi connectivity index (χ2v) is 4.67. The summed E-state index contributed by atoms with van der Waals surface area (Å²) in [4.78, 5) is 4.16. The van der Waals surface area contributed by atoms with Crippen molar-refractivity contribution < 1.29 is 13.2 Å². The first-order valence-electron chi connectivity index (χ1n) is 6.14. The number of hydrogen-bond acceptors (Lipinski definition) is 3. The van der Waals surface area contributed by atoms with Gasteiger partial charge in [-0.15, -0.1) is 0 Å². The smallest absolute Gasteiger partial charge is 0.396 e. The quantitative estimate of drug-likeness (QED) is 0.748. The molecule has 0 saturated heterocycles. The maximum absolute atomic E-state index is 12.8. The first kappa shape index (κ1) is 13.4. The van der Waals surface area contributed by atoms with Crippen LogP contribution in [0.4, 0.5) is 18.9 Å². The Balaban J connectivity index is 2.20. The fourth-order valence-electron chi connectivity index (χ4n) is 2.12. The van der Waals surface area contributed by atoms with Crippen LogP contribution in [0.3, 0.4) is 0 Å². The summed E-state index contributed by atoms with van der Waals surface area (Å²) in [6.07, 6.45) is -1.42. The van der Waals surface area contributed by atoms with Crippen molar-refractivity contribution in [2.24, 2.45) is 0 Å². The van der Waals surface area contributed by atoms with Gasteiger partial charge in [0.1, 0.15) is 0 Å². The lowest BCUT2D eigenvalue weighted by molar-refractivity contribution is -0.137.